The molecule has 2 atom stereocenters. The number of methoxy groups -OCH3 is 1. The van der Waals surface area contributed by atoms with Gasteiger partial charge in [-0.3, -0.25) is 4.79 Å². The second-order valence-electron chi connectivity index (χ2n) is 5.67. The Morgan fingerprint density at radius 1 is 1.52 bits per heavy atom. The number of aromatic nitrogens is 1. The number of pyridine rings is 1. The van der Waals surface area contributed by atoms with Gasteiger partial charge in [0.1, 0.15) is 5.60 Å². The summed E-state index contributed by atoms with van der Waals surface area (Å²) >= 11 is 0. The molecule has 0 spiro atoms. The third-order valence-corrected chi connectivity index (χ3v) is 3.99. The second-order valence-corrected chi connectivity index (χ2v) is 5.67. The fourth-order valence-corrected chi connectivity index (χ4v) is 3.00. The second kappa shape index (κ2) is 6.89. The zero-order valence-electron chi connectivity index (χ0n) is 13.0. The first-order valence-electron chi connectivity index (χ1n) is 7.55. The van der Waals surface area contributed by atoms with E-state index in [2.05, 4.69) is 17.2 Å². The number of amides is 1. The summed E-state index contributed by atoms with van der Waals surface area (Å²) in [6.45, 7) is 4.65. The van der Waals surface area contributed by atoms with E-state index in [1.54, 1.807) is 25.4 Å². The molecular weight excluding hydrogens is 268 g/mol. The van der Waals surface area contributed by atoms with E-state index in [1.807, 2.05) is 6.92 Å². The number of rotatable bonds is 5. The molecule has 21 heavy (non-hydrogen) atoms. The van der Waals surface area contributed by atoms with E-state index < -0.39 is 5.60 Å². The van der Waals surface area contributed by atoms with Crippen molar-refractivity contribution < 1.29 is 14.3 Å². The number of ether oxygens (including phenoxy) is 2. The van der Waals surface area contributed by atoms with Crippen LogP contribution in [0.15, 0.2) is 18.3 Å². The van der Waals surface area contributed by atoms with E-state index in [4.69, 9.17) is 9.47 Å². The summed E-state index contributed by atoms with van der Waals surface area (Å²) in [7, 11) is 1.56. The number of nitrogens with zero attached hydrogens (tertiary/aromatic N) is 1. The van der Waals surface area contributed by atoms with Crippen molar-refractivity contribution in [2.24, 2.45) is 5.92 Å². The van der Waals surface area contributed by atoms with E-state index in [1.165, 1.54) is 0 Å². The van der Waals surface area contributed by atoms with Gasteiger partial charge in [-0.15, -0.1) is 0 Å². The molecule has 0 aliphatic heterocycles. The Kier molecular flexibility index (Phi) is 5.17. The van der Waals surface area contributed by atoms with Crippen molar-refractivity contribution in [2.75, 3.05) is 19.0 Å². The Balaban J connectivity index is 2.10. The molecule has 1 N–H and O–H groups in total. The minimum atomic E-state index is -0.702. The van der Waals surface area contributed by atoms with E-state index in [9.17, 15) is 4.79 Å². The Hall–Kier alpha value is -1.62. The highest BCUT2D eigenvalue weighted by Gasteiger charge is 2.42. The molecule has 5 heteroatoms. The van der Waals surface area contributed by atoms with Crippen LogP contribution in [0.25, 0.3) is 0 Å². The van der Waals surface area contributed by atoms with Gasteiger partial charge in [-0.05, 0) is 38.2 Å². The number of nitrogens with one attached hydrogen (secondary N) is 1. The van der Waals surface area contributed by atoms with Gasteiger partial charge in [-0.1, -0.05) is 13.3 Å². The van der Waals surface area contributed by atoms with Crippen LogP contribution in [0.2, 0.25) is 0 Å². The predicted molar refractivity (Wildman–Crippen MR) is 81.4 cm³/mol. The van der Waals surface area contributed by atoms with E-state index in [-0.39, 0.29) is 5.91 Å². The standard InChI is InChI=1S/C16H24N2O3/c1-4-21-16(9-5-6-12(2)10-16)15(19)18-13-7-8-14(20-3)17-11-13/h7-8,11-12H,4-6,9-10H2,1-3H3,(H,18,19)/t12-,16-/m0/s1. The van der Waals surface area contributed by atoms with Crippen molar-refractivity contribution in [3.63, 3.8) is 0 Å². The summed E-state index contributed by atoms with van der Waals surface area (Å²) in [6, 6.07) is 3.52. The van der Waals surface area contributed by atoms with E-state index >= 15 is 0 Å². The summed E-state index contributed by atoms with van der Waals surface area (Å²) in [6.07, 6.45) is 5.33. The quantitative estimate of drug-likeness (QED) is 0.906. The maximum Gasteiger partial charge on any atom is 0.256 e. The molecule has 0 bridgehead atoms. The van der Waals surface area contributed by atoms with Crippen LogP contribution in [-0.2, 0) is 9.53 Å². The molecule has 1 aliphatic carbocycles. The third-order valence-electron chi connectivity index (χ3n) is 3.99. The van der Waals surface area contributed by atoms with Gasteiger partial charge in [0.05, 0.1) is 19.0 Å². The molecule has 1 heterocycles. The number of anilines is 1. The molecule has 1 aromatic rings. The van der Waals surface area contributed by atoms with Crippen molar-refractivity contribution in [3.8, 4) is 5.88 Å². The van der Waals surface area contributed by atoms with Crippen molar-refractivity contribution in [1.29, 1.82) is 0 Å². The lowest BCUT2D eigenvalue weighted by atomic mass is 9.78. The van der Waals surface area contributed by atoms with Gasteiger partial charge in [-0.25, -0.2) is 4.98 Å². The SMILES string of the molecule is CCO[C@@]1(C(=O)Nc2ccc(OC)nc2)CCC[C@H](C)C1. The van der Waals surface area contributed by atoms with Crippen LogP contribution in [0.1, 0.15) is 39.5 Å². The normalized spacial score (nSPS) is 25.4. The summed E-state index contributed by atoms with van der Waals surface area (Å²) < 4.78 is 10.9. The lowest BCUT2D eigenvalue weighted by Gasteiger charge is -2.38. The van der Waals surface area contributed by atoms with E-state index in [0.717, 1.165) is 25.7 Å². The largest absolute Gasteiger partial charge is 0.481 e. The summed E-state index contributed by atoms with van der Waals surface area (Å²) in [5.74, 6) is 0.965. The van der Waals surface area contributed by atoms with Gasteiger partial charge in [-0.2, -0.15) is 0 Å². The first-order valence-corrected chi connectivity index (χ1v) is 7.55. The third kappa shape index (κ3) is 3.73. The van der Waals surface area contributed by atoms with Crippen LogP contribution in [0.4, 0.5) is 5.69 Å². The topological polar surface area (TPSA) is 60.5 Å². The summed E-state index contributed by atoms with van der Waals surface area (Å²) in [5, 5.41) is 2.93. The van der Waals surface area contributed by atoms with Crippen LogP contribution in [0.3, 0.4) is 0 Å². The lowest BCUT2D eigenvalue weighted by molar-refractivity contribution is -0.147. The van der Waals surface area contributed by atoms with Crippen LogP contribution < -0.4 is 10.1 Å². The summed E-state index contributed by atoms with van der Waals surface area (Å²) in [5.41, 5.74) is -0.0371. The van der Waals surface area contributed by atoms with Crippen molar-refractivity contribution in [2.45, 2.75) is 45.1 Å². The Morgan fingerprint density at radius 3 is 2.90 bits per heavy atom. The Morgan fingerprint density at radius 2 is 2.33 bits per heavy atom. The first kappa shape index (κ1) is 15.8. The molecule has 1 fully saturated rings. The zero-order chi connectivity index (χ0) is 15.3. The monoisotopic (exact) mass is 292 g/mol. The maximum atomic E-state index is 12.7. The van der Waals surface area contributed by atoms with Crippen molar-refractivity contribution in [3.05, 3.63) is 18.3 Å². The molecule has 1 aliphatic rings. The fraction of sp³-hybridized carbons (Fsp3) is 0.625. The highest BCUT2D eigenvalue weighted by Crippen LogP contribution is 2.36. The fourth-order valence-electron chi connectivity index (χ4n) is 3.00. The highest BCUT2D eigenvalue weighted by molar-refractivity contribution is 5.97. The van der Waals surface area contributed by atoms with Gasteiger partial charge >= 0.3 is 0 Å². The number of carbonyl (C=O) groups is 1. The van der Waals surface area contributed by atoms with Crippen LogP contribution in [-0.4, -0.2) is 30.2 Å². The zero-order valence-corrected chi connectivity index (χ0v) is 13.0. The summed E-state index contributed by atoms with van der Waals surface area (Å²) in [4.78, 5) is 16.8. The van der Waals surface area contributed by atoms with Crippen LogP contribution in [0.5, 0.6) is 5.88 Å². The molecule has 1 saturated carbocycles. The smallest absolute Gasteiger partial charge is 0.256 e. The maximum absolute atomic E-state index is 12.7. The Bertz CT molecular complexity index is 471. The molecule has 116 valence electrons. The molecule has 1 amide bonds. The molecular formula is C16H24N2O3. The average Bonchev–Trinajstić information content (AvgIpc) is 2.48. The van der Waals surface area contributed by atoms with Gasteiger partial charge in [0.25, 0.3) is 5.91 Å². The average molecular weight is 292 g/mol. The van der Waals surface area contributed by atoms with Gasteiger partial charge < -0.3 is 14.8 Å². The molecule has 1 aromatic heterocycles. The predicted octanol–water partition coefficient (Wildman–Crippen LogP) is 3.01. The van der Waals surface area contributed by atoms with Gasteiger partial charge in [0, 0.05) is 12.7 Å². The van der Waals surface area contributed by atoms with Crippen molar-refractivity contribution in [1.82, 2.24) is 4.98 Å². The molecule has 0 saturated heterocycles. The van der Waals surface area contributed by atoms with Crippen molar-refractivity contribution >= 4 is 11.6 Å². The minimum absolute atomic E-state index is 0.0668. The molecule has 2 rings (SSSR count). The number of hydrogen-bond donors (Lipinski definition) is 1. The molecule has 0 aromatic carbocycles. The molecule has 0 radical (unpaired) electrons. The van der Waals surface area contributed by atoms with Crippen LogP contribution >= 0.6 is 0 Å². The highest BCUT2D eigenvalue weighted by atomic mass is 16.5. The first-order chi connectivity index (χ1) is 10.1. The van der Waals surface area contributed by atoms with Gasteiger partial charge in [0.15, 0.2) is 0 Å². The number of carbonyl (C=O) groups excluding carboxylic acids is 1. The van der Waals surface area contributed by atoms with Gasteiger partial charge in [0.2, 0.25) is 5.88 Å². The lowest BCUT2D eigenvalue weighted by Crippen LogP contribution is -2.48. The molecule has 0 unspecified atom stereocenters. The Labute approximate surface area is 126 Å². The van der Waals surface area contributed by atoms with E-state index in [0.29, 0.717) is 24.1 Å². The molecule has 5 nitrogen and oxygen atoms in total. The minimum Gasteiger partial charge on any atom is -0.481 e. The number of hydrogen-bond acceptors (Lipinski definition) is 4. The van der Waals surface area contributed by atoms with Crippen LogP contribution in [0, 0.1) is 5.92 Å².